The number of nitrogens with zero attached hydrogens (tertiary/aromatic N) is 1. The molecule has 38 heavy (non-hydrogen) atoms. The Labute approximate surface area is 216 Å². The maximum Gasteiger partial charge on any atom is 0.510 e. The lowest BCUT2D eigenvalue weighted by molar-refractivity contribution is -0.295. The van der Waals surface area contributed by atoms with Crippen LogP contribution >= 0.6 is 7.82 Å². The Morgan fingerprint density at radius 1 is 1.18 bits per heavy atom. The summed E-state index contributed by atoms with van der Waals surface area (Å²) in [7, 11) is -4.64. The molecule has 0 radical (unpaired) electrons. The van der Waals surface area contributed by atoms with Crippen LogP contribution in [0.15, 0.2) is 21.9 Å². The maximum absolute atomic E-state index is 13.8. The predicted molar refractivity (Wildman–Crippen MR) is 122 cm³/mol. The molecule has 0 aliphatic carbocycles. The van der Waals surface area contributed by atoms with E-state index in [1.54, 1.807) is 27.7 Å². The number of aromatic amines is 1. The van der Waals surface area contributed by atoms with Gasteiger partial charge < -0.3 is 33.9 Å². The van der Waals surface area contributed by atoms with Crippen molar-refractivity contribution < 1.29 is 61.2 Å². The lowest BCUT2D eigenvalue weighted by atomic mass is 10.00. The van der Waals surface area contributed by atoms with Gasteiger partial charge in [0, 0.05) is 18.2 Å². The fourth-order valence-electron chi connectivity index (χ4n) is 3.07. The Bertz CT molecular complexity index is 1050. The molecule has 2 rings (SSSR count). The Morgan fingerprint density at radius 2 is 1.87 bits per heavy atom. The third-order valence-electron chi connectivity index (χ3n) is 4.75. The van der Waals surface area contributed by atoms with Crippen molar-refractivity contribution >= 4 is 14.0 Å². The first-order valence-electron chi connectivity index (χ1n) is 11.4. The summed E-state index contributed by atoms with van der Waals surface area (Å²) in [5, 5.41) is 20.1. The highest BCUT2D eigenvalue weighted by Crippen LogP contribution is 2.50. The SMILES string of the molecule is CC(C)OC(=O)OCOP(=O)(OCOC(O)OC(C)C)OC[C@H]1O[C@@H](n2ccc(=O)[nH]c2=O)[C@H](O)[C@@H]1CF. The lowest BCUT2D eigenvalue weighted by Crippen LogP contribution is -2.36. The fraction of sp³-hybridized carbons (Fsp3) is 0.750. The van der Waals surface area contributed by atoms with Gasteiger partial charge in [-0.1, -0.05) is 0 Å². The molecule has 1 aromatic rings. The van der Waals surface area contributed by atoms with Crippen molar-refractivity contribution in [2.75, 3.05) is 26.9 Å². The molecule has 1 aromatic heterocycles. The number of aliphatic hydroxyl groups is 2. The van der Waals surface area contributed by atoms with Gasteiger partial charge in [0.15, 0.2) is 13.0 Å². The van der Waals surface area contributed by atoms with Gasteiger partial charge in [-0.3, -0.25) is 27.8 Å². The van der Waals surface area contributed by atoms with E-state index in [-0.39, 0.29) is 0 Å². The van der Waals surface area contributed by atoms with Gasteiger partial charge in [0.05, 0.1) is 31.6 Å². The first-order chi connectivity index (χ1) is 17.8. The van der Waals surface area contributed by atoms with Gasteiger partial charge >= 0.3 is 19.7 Å². The molecular weight excluding hydrogens is 542 g/mol. The molecule has 1 saturated heterocycles. The monoisotopic (exact) mass is 574 g/mol. The molecule has 1 aliphatic rings. The number of aliphatic hydroxyl groups excluding tert-OH is 2. The molecule has 3 N–H and O–H groups in total. The van der Waals surface area contributed by atoms with E-state index >= 15 is 0 Å². The van der Waals surface area contributed by atoms with Crippen LogP contribution in [0.5, 0.6) is 0 Å². The van der Waals surface area contributed by atoms with Crippen molar-refractivity contribution in [1.82, 2.24) is 9.55 Å². The van der Waals surface area contributed by atoms with Gasteiger partial charge in [0.2, 0.25) is 6.79 Å². The molecule has 0 aromatic carbocycles. The highest BCUT2D eigenvalue weighted by molar-refractivity contribution is 7.48. The van der Waals surface area contributed by atoms with Crippen LogP contribution in [-0.4, -0.2) is 83.7 Å². The van der Waals surface area contributed by atoms with E-state index in [4.69, 9.17) is 32.5 Å². The van der Waals surface area contributed by atoms with Crippen LogP contribution in [0.1, 0.15) is 33.9 Å². The van der Waals surface area contributed by atoms with Crippen LogP contribution in [0, 0.1) is 5.92 Å². The van der Waals surface area contributed by atoms with Crippen molar-refractivity contribution in [3.63, 3.8) is 0 Å². The largest absolute Gasteiger partial charge is 0.510 e. The number of rotatable bonds is 15. The molecule has 218 valence electrons. The summed E-state index contributed by atoms with van der Waals surface area (Å²) in [5.74, 6) is -1.25. The van der Waals surface area contributed by atoms with Gasteiger partial charge in [-0.05, 0) is 27.7 Å². The summed E-state index contributed by atoms with van der Waals surface area (Å²) < 4.78 is 67.4. The smallest absolute Gasteiger partial charge is 0.432 e. The van der Waals surface area contributed by atoms with Crippen LogP contribution in [0.4, 0.5) is 9.18 Å². The van der Waals surface area contributed by atoms with Crippen LogP contribution in [0.25, 0.3) is 0 Å². The third kappa shape index (κ3) is 9.83. The van der Waals surface area contributed by atoms with Crippen molar-refractivity contribution in [2.24, 2.45) is 5.92 Å². The number of carbonyl (C=O) groups excluding carboxylic acids is 1. The number of phosphoric ester groups is 1. The maximum atomic E-state index is 13.8. The number of hydrogen-bond donors (Lipinski definition) is 3. The summed E-state index contributed by atoms with van der Waals surface area (Å²) in [6.45, 7) is 0.956. The van der Waals surface area contributed by atoms with E-state index in [1.807, 2.05) is 4.98 Å². The molecule has 2 unspecified atom stereocenters. The number of carbonyl (C=O) groups is 1. The number of hydrogen-bond acceptors (Lipinski definition) is 14. The Morgan fingerprint density at radius 3 is 2.47 bits per heavy atom. The molecule has 18 heteroatoms. The highest BCUT2D eigenvalue weighted by atomic mass is 31.2. The quantitative estimate of drug-likeness (QED) is 0.150. The summed E-state index contributed by atoms with van der Waals surface area (Å²) in [4.78, 5) is 36.9. The molecule has 16 nitrogen and oxygen atoms in total. The van der Waals surface area contributed by atoms with E-state index in [9.17, 15) is 33.6 Å². The van der Waals surface area contributed by atoms with Crippen LogP contribution in [0.3, 0.4) is 0 Å². The minimum Gasteiger partial charge on any atom is -0.432 e. The number of aromatic nitrogens is 2. The second-order valence-corrected chi connectivity index (χ2v) is 10.0. The number of alkyl halides is 1. The minimum absolute atomic E-state index is 0.420. The average Bonchev–Trinajstić information content (AvgIpc) is 3.11. The summed E-state index contributed by atoms with van der Waals surface area (Å²) in [6, 6.07) is 1.00. The molecule has 1 fully saturated rings. The predicted octanol–water partition coefficient (Wildman–Crippen LogP) is 0.733. The summed E-state index contributed by atoms with van der Waals surface area (Å²) >= 11 is 0. The van der Waals surface area contributed by atoms with Crippen LogP contribution in [0.2, 0.25) is 0 Å². The van der Waals surface area contributed by atoms with Crippen molar-refractivity contribution in [2.45, 2.75) is 64.8 Å². The van der Waals surface area contributed by atoms with Gasteiger partial charge in [0.1, 0.15) is 6.10 Å². The molecule has 0 spiro atoms. The molecule has 2 heterocycles. The molecular formula is C20H32FN2O14P. The number of phosphoric acid groups is 1. The van der Waals surface area contributed by atoms with Gasteiger partial charge in [-0.25, -0.2) is 18.7 Å². The Hall–Kier alpha value is -2.21. The number of ether oxygens (including phenoxy) is 5. The standard InChI is InChI=1S/C20H32FN2O14P/c1-11(2)35-19(27)30-9-33-38(29,34-10-31-20(28)36-12(3)4)32-8-14-13(7-21)16(25)17(37-14)23-6-5-15(24)22-18(23)26/h5-6,11-14,16-17,19,25,27H,7-10H2,1-4H3,(H,22,24,26)/t13-,14-,16-,17-,19?,38?/m1/s1. The van der Waals surface area contributed by atoms with Gasteiger partial charge in [0.25, 0.3) is 12.0 Å². The molecule has 0 amide bonds. The van der Waals surface area contributed by atoms with E-state index in [0.29, 0.717) is 0 Å². The summed E-state index contributed by atoms with van der Waals surface area (Å²) in [5.41, 5.74) is -1.61. The second-order valence-electron chi connectivity index (χ2n) is 8.35. The van der Waals surface area contributed by atoms with Crippen LogP contribution < -0.4 is 11.2 Å². The van der Waals surface area contributed by atoms with Crippen molar-refractivity contribution in [3.8, 4) is 0 Å². The highest BCUT2D eigenvalue weighted by Gasteiger charge is 2.46. The van der Waals surface area contributed by atoms with Gasteiger partial charge in [-0.15, -0.1) is 0 Å². The van der Waals surface area contributed by atoms with E-state index < -0.39 is 95.1 Å². The fourth-order valence-corrected chi connectivity index (χ4v) is 4.00. The topological polar surface area (TPSA) is 203 Å². The first-order valence-corrected chi connectivity index (χ1v) is 12.8. The lowest BCUT2D eigenvalue weighted by Gasteiger charge is -2.22. The number of halogens is 1. The van der Waals surface area contributed by atoms with Crippen LogP contribution in [-0.2, 0) is 41.8 Å². The zero-order valence-electron chi connectivity index (χ0n) is 21.1. The van der Waals surface area contributed by atoms with E-state index in [0.717, 1.165) is 16.8 Å². The number of nitrogens with one attached hydrogen (secondary N) is 1. The zero-order valence-corrected chi connectivity index (χ0v) is 22.0. The van der Waals surface area contributed by atoms with Crippen molar-refractivity contribution in [1.29, 1.82) is 0 Å². The Kier molecular flexibility index (Phi) is 12.5. The third-order valence-corrected chi connectivity index (χ3v) is 6.06. The molecule has 0 saturated carbocycles. The summed E-state index contributed by atoms with van der Waals surface area (Å²) in [6.07, 6.45) is -5.25. The average molecular weight is 574 g/mol. The normalized spacial score (nSPS) is 23.9. The molecule has 0 bridgehead atoms. The molecule has 1 aliphatic heterocycles. The second kappa shape index (κ2) is 14.8. The Balaban J connectivity index is 2.08. The zero-order chi connectivity index (χ0) is 28.5. The van der Waals surface area contributed by atoms with E-state index in [1.165, 1.54) is 0 Å². The van der Waals surface area contributed by atoms with Gasteiger partial charge in [-0.2, -0.15) is 0 Å². The van der Waals surface area contributed by atoms with Crippen molar-refractivity contribution in [3.05, 3.63) is 33.1 Å². The minimum atomic E-state index is -4.64. The molecule has 6 atom stereocenters. The number of H-pyrrole nitrogens is 1. The first kappa shape index (κ1) is 32.0. The van der Waals surface area contributed by atoms with E-state index in [2.05, 4.69) is 4.74 Å².